The fraction of sp³-hybridized carbons (Fsp3) is 0.600. The molecule has 0 radical (unpaired) electrons. The number of likely N-dealkylation sites (N-methyl/N-ethyl adjacent to an activating group) is 1. The predicted octanol–water partition coefficient (Wildman–Crippen LogP) is 2.92. The van der Waals surface area contributed by atoms with Crippen LogP contribution in [0.1, 0.15) is 31.7 Å². The lowest BCUT2D eigenvalue weighted by Gasteiger charge is -2.31. The van der Waals surface area contributed by atoms with E-state index in [1.807, 2.05) is 12.1 Å². The van der Waals surface area contributed by atoms with Crippen molar-refractivity contribution in [1.82, 2.24) is 5.32 Å². The molecule has 1 heterocycles. The molecule has 0 aromatic heterocycles. The molecule has 18 heavy (non-hydrogen) atoms. The van der Waals surface area contributed by atoms with Gasteiger partial charge in [0.15, 0.2) is 0 Å². The number of hydrogen-bond donors (Lipinski definition) is 1. The van der Waals surface area contributed by atoms with Crippen molar-refractivity contribution in [3.05, 3.63) is 35.6 Å². The maximum atomic E-state index is 13.7. The van der Waals surface area contributed by atoms with Crippen molar-refractivity contribution in [3.63, 3.8) is 0 Å². The number of rotatable bonds is 5. The summed E-state index contributed by atoms with van der Waals surface area (Å²) in [7, 11) is 0. The van der Waals surface area contributed by atoms with Gasteiger partial charge in [0.1, 0.15) is 5.82 Å². The molecule has 2 nitrogen and oxygen atoms in total. The van der Waals surface area contributed by atoms with E-state index in [2.05, 4.69) is 12.2 Å². The van der Waals surface area contributed by atoms with Gasteiger partial charge in [-0.15, -0.1) is 0 Å². The molecular formula is C15H22FNO. The number of nitrogens with one attached hydrogen (secondary N) is 1. The first-order chi connectivity index (χ1) is 8.81. The van der Waals surface area contributed by atoms with Gasteiger partial charge in [-0.3, -0.25) is 0 Å². The van der Waals surface area contributed by atoms with Gasteiger partial charge in [-0.05, 0) is 43.9 Å². The van der Waals surface area contributed by atoms with Crippen LogP contribution in [-0.2, 0) is 11.2 Å². The molecule has 1 aliphatic rings. The zero-order valence-corrected chi connectivity index (χ0v) is 11.0. The van der Waals surface area contributed by atoms with Crippen molar-refractivity contribution in [2.24, 2.45) is 0 Å². The molecule has 0 spiro atoms. The topological polar surface area (TPSA) is 21.3 Å². The second kappa shape index (κ2) is 6.86. The molecule has 0 bridgehead atoms. The molecule has 2 rings (SSSR count). The average molecular weight is 251 g/mol. The van der Waals surface area contributed by atoms with Gasteiger partial charge < -0.3 is 10.1 Å². The molecule has 100 valence electrons. The second-order valence-corrected chi connectivity index (χ2v) is 4.86. The summed E-state index contributed by atoms with van der Waals surface area (Å²) in [4.78, 5) is 0. The number of hydrogen-bond acceptors (Lipinski definition) is 2. The highest BCUT2D eigenvalue weighted by molar-refractivity contribution is 5.18. The molecule has 0 aliphatic carbocycles. The smallest absolute Gasteiger partial charge is 0.126 e. The van der Waals surface area contributed by atoms with Gasteiger partial charge >= 0.3 is 0 Å². The Morgan fingerprint density at radius 3 is 2.89 bits per heavy atom. The average Bonchev–Trinajstić information content (AvgIpc) is 2.42. The van der Waals surface area contributed by atoms with Gasteiger partial charge in [-0.1, -0.05) is 25.1 Å². The van der Waals surface area contributed by atoms with E-state index in [1.165, 1.54) is 12.5 Å². The largest absolute Gasteiger partial charge is 0.377 e. The Bertz CT molecular complexity index is 363. The number of benzene rings is 1. The maximum Gasteiger partial charge on any atom is 0.126 e. The molecule has 1 aromatic rings. The molecule has 0 saturated carbocycles. The molecule has 2 unspecified atom stereocenters. The first-order valence-electron chi connectivity index (χ1n) is 6.89. The second-order valence-electron chi connectivity index (χ2n) is 4.86. The highest BCUT2D eigenvalue weighted by atomic mass is 19.1. The Morgan fingerprint density at radius 1 is 1.39 bits per heavy atom. The van der Waals surface area contributed by atoms with Crippen LogP contribution in [0.5, 0.6) is 0 Å². The minimum absolute atomic E-state index is 0.115. The summed E-state index contributed by atoms with van der Waals surface area (Å²) in [6, 6.07) is 7.23. The quantitative estimate of drug-likeness (QED) is 0.868. The maximum absolute atomic E-state index is 13.7. The van der Waals surface area contributed by atoms with Gasteiger partial charge in [0.05, 0.1) is 6.10 Å². The van der Waals surface area contributed by atoms with Crippen LogP contribution in [0, 0.1) is 5.82 Å². The molecular weight excluding hydrogens is 229 g/mol. The summed E-state index contributed by atoms with van der Waals surface area (Å²) in [6.07, 6.45) is 4.36. The Hall–Kier alpha value is -0.930. The first-order valence-corrected chi connectivity index (χ1v) is 6.89. The van der Waals surface area contributed by atoms with E-state index < -0.39 is 0 Å². The third kappa shape index (κ3) is 3.53. The monoisotopic (exact) mass is 251 g/mol. The molecule has 1 aliphatic heterocycles. The molecule has 0 amide bonds. The van der Waals surface area contributed by atoms with Crippen LogP contribution >= 0.6 is 0 Å². The van der Waals surface area contributed by atoms with Gasteiger partial charge in [0.2, 0.25) is 0 Å². The highest BCUT2D eigenvalue weighted by Crippen LogP contribution is 2.19. The summed E-state index contributed by atoms with van der Waals surface area (Å²) in [6.45, 7) is 3.81. The van der Waals surface area contributed by atoms with Gasteiger partial charge in [0, 0.05) is 12.6 Å². The lowest BCUT2D eigenvalue weighted by atomic mass is 9.96. The summed E-state index contributed by atoms with van der Waals surface area (Å²) in [5.41, 5.74) is 0.776. The van der Waals surface area contributed by atoms with Crippen molar-refractivity contribution in [2.75, 3.05) is 13.2 Å². The Labute approximate surface area is 109 Å². The zero-order chi connectivity index (χ0) is 12.8. The minimum atomic E-state index is -0.115. The van der Waals surface area contributed by atoms with Crippen LogP contribution in [0.15, 0.2) is 24.3 Å². The fourth-order valence-corrected chi connectivity index (χ4v) is 2.58. The summed E-state index contributed by atoms with van der Waals surface area (Å²) < 4.78 is 19.5. The van der Waals surface area contributed by atoms with E-state index >= 15 is 0 Å². The first kappa shape index (κ1) is 13.5. The number of halogens is 1. The Kier molecular flexibility index (Phi) is 5.14. The van der Waals surface area contributed by atoms with Gasteiger partial charge in [0.25, 0.3) is 0 Å². The van der Waals surface area contributed by atoms with Gasteiger partial charge in [-0.2, -0.15) is 0 Å². The summed E-state index contributed by atoms with van der Waals surface area (Å²) in [5, 5.41) is 3.44. The highest BCUT2D eigenvalue weighted by Gasteiger charge is 2.24. The molecule has 1 saturated heterocycles. The molecule has 1 aromatic carbocycles. The number of ether oxygens (including phenoxy) is 1. The summed E-state index contributed by atoms with van der Waals surface area (Å²) >= 11 is 0. The predicted molar refractivity (Wildman–Crippen MR) is 71.2 cm³/mol. The molecule has 1 fully saturated rings. The van der Waals surface area contributed by atoms with Crippen molar-refractivity contribution in [1.29, 1.82) is 0 Å². The van der Waals surface area contributed by atoms with E-state index in [4.69, 9.17) is 4.74 Å². The van der Waals surface area contributed by atoms with E-state index in [-0.39, 0.29) is 18.0 Å². The van der Waals surface area contributed by atoms with Crippen LogP contribution in [0.3, 0.4) is 0 Å². The Balaban J connectivity index is 2.03. The van der Waals surface area contributed by atoms with E-state index in [0.29, 0.717) is 6.42 Å². The van der Waals surface area contributed by atoms with Crippen LogP contribution in [0.4, 0.5) is 4.39 Å². The van der Waals surface area contributed by atoms with Crippen molar-refractivity contribution < 1.29 is 9.13 Å². The third-order valence-electron chi connectivity index (χ3n) is 3.53. The van der Waals surface area contributed by atoms with Crippen LogP contribution in [0.2, 0.25) is 0 Å². The van der Waals surface area contributed by atoms with Crippen molar-refractivity contribution in [2.45, 2.75) is 44.8 Å². The summed E-state index contributed by atoms with van der Waals surface area (Å²) in [5.74, 6) is -0.115. The van der Waals surface area contributed by atoms with Crippen LogP contribution in [0.25, 0.3) is 0 Å². The van der Waals surface area contributed by atoms with E-state index in [0.717, 1.165) is 31.6 Å². The normalized spacial score (nSPS) is 21.8. The lowest BCUT2D eigenvalue weighted by molar-refractivity contribution is -0.00723. The Morgan fingerprint density at radius 2 is 2.22 bits per heavy atom. The van der Waals surface area contributed by atoms with Crippen molar-refractivity contribution in [3.8, 4) is 0 Å². The molecule has 2 atom stereocenters. The molecule has 3 heteroatoms. The van der Waals surface area contributed by atoms with Crippen LogP contribution in [-0.4, -0.2) is 25.3 Å². The molecule has 1 N–H and O–H groups in total. The SMILES string of the molecule is CCNC(Cc1ccccc1F)C1CCCCO1. The van der Waals surface area contributed by atoms with Crippen molar-refractivity contribution >= 4 is 0 Å². The third-order valence-corrected chi connectivity index (χ3v) is 3.53. The van der Waals surface area contributed by atoms with Gasteiger partial charge in [-0.25, -0.2) is 4.39 Å². The zero-order valence-electron chi connectivity index (χ0n) is 11.0. The lowest BCUT2D eigenvalue weighted by Crippen LogP contribution is -2.44. The van der Waals surface area contributed by atoms with E-state index in [9.17, 15) is 4.39 Å². The van der Waals surface area contributed by atoms with E-state index in [1.54, 1.807) is 6.07 Å². The fourth-order valence-electron chi connectivity index (χ4n) is 2.58. The van der Waals surface area contributed by atoms with Crippen LogP contribution < -0.4 is 5.32 Å². The standard InChI is InChI=1S/C15H22FNO/c1-2-17-14(15-9-5-6-10-18-15)11-12-7-3-4-8-13(12)16/h3-4,7-8,14-15,17H,2,5-6,9-11H2,1H3. The minimum Gasteiger partial charge on any atom is -0.377 e.